The molecule has 0 aromatic heterocycles. The van der Waals surface area contributed by atoms with Crippen molar-refractivity contribution in [1.29, 1.82) is 0 Å². The van der Waals surface area contributed by atoms with Gasteiger partial charge >= 0.3 is 0 Å². The second-order valence-corrected chi connectivity index (χ2v) is 7.82. The molecule has 1 heterocycles. The van der Waals surface area contributed by atoms with Gasteiger partial charge in [0.05, 0.1) is 18.0 Å². The van der Waals surface area contributed by atoms with Crippen LogP contribution in [0.4, 0.5) is 11.4 Å². The lowest BCUT2D eigenvalue weighted by Crippen LogP contribution is -2.44. The van der Waals surface area contributed by atoms with Gasteiger partial charge in [-0.2, -0.15) is 0 Å². The number of nitrogens with one attached hydrogen (secondary N) is 1. The van der Waals surface area contributed by atoms with E-state index in [0.29, 0.717) is 22.9 Å². The van der Waals surface area contributed by atoms with Crippen molar-refractivity contribution in [3.8, 4) is 5.75 Å². The molecule has 1 N–H and O–H groups in total. The largest absolute Gasteiger partial charge is 0.494 e. The fraction of sp³-hybridized carbons (Fsp3) is 0.391. The summed E-state index contributed by atoms with van der Waals surface area (Å²) in [5, 5.41) is 3.51. The molecule has 0 bridgehead atoms. The molecule has 1 aliphatic rings. The van der Waals surface area contributed by atoms with E-state index in [1.807, 2.05) is 19.1 Å². The van der Waals surface area contributed by atoms with Crippen LogP contribution in [0.5, 0.6) is 5.75 Å². The predicted octanol–water partition coefficient (Wildman–Crippen LogP) is 4.09. The van der Waals surface area contributed by atoms with E-state index >= 15 is 0 Å². The maximum absolute atomic E-state index is 12.5. The van der Waals surface area contributed by atoms with E-state index in [-0.39, 0.29) is 24.5 Å². The Kier molecular flexibility index (Phi) is 7.71. The number of ether oxygens (including phenoxy) is 1. The smallest absolute Gasteiger partial charge is 0.224 e. The first-order valence-corrected chi connectivity index (χ1v) is 10.6. The maximum Gasteiger partial charge on any atom is 0.224 e. The lowest BCUT2D eigenvalue weighted by Gasteiger charge is -2.35. The van der Waals surface area contributed by atoms with Crippen LogP contribution in [0.1, 0.15) is 30.1 Å². The monoisotopic (exact) mass is 429 g/mol. The standard InChI is InChI=1S/C23H28ClN3O3/c1-3-30-19-7-4-17(5-8-19)22(28)10-11-23(29)25-20-16-18(24)6-9-21(20)27-14-12-26(2)13-15-27/h4-9,16H,3,10-15H2,1-2H3,(H,25,29). The van der Waals surface area contributed by atoms with Crippen molar-refractivity contribution in [1.82, 2.24) is 4.90 Å². The first kappa shape index (κ1) is 22.1. The number of nitrogens with zero attached hydrogens (tertiary/aromatic N) is 2. The number of ketones is 1. The van der Waals surface area contributed by atoms with Crippen LogP contribution < -0.4 is 15.0 Å². The second-order valence-electron chi connectivity index (χ2n) is 7.38. The second kappa shape index (κ2) is 10.5. The molecule has 1 aliphatic heterocycles. The molecule has 0 spiro atoms. The Labute approximate surface area is 182 Å². The number of carbonyl (C=O) groups is 2. The van der Waals surface area contributed by atoms with Gasteiger partial charge in [0.2, 0.25) is 5.91 Å². The third-order valence-corrected chi connectivity index (χ3v) is 5.38. The zero-order valence-corrected chi connectivity index (χ0v) is 18.2. The van der Waals surface area contributed by atoms with Crippen LogP contribution in [0, 0.1) is 0 Å². The van der Waals surface area contributed by atoms with Crippen molar-refractivity contribution < 1.29 is 14.3 Å². The van der Waals surface area contributed by atoms with Gasteiger partial charge in [0.15, 0.2) is 5.78 Å². The van der Waals surface area contributed by atoms with Crippen molar-refractivity contribution in [2.24, 2.45) is 0 Å². The Morgan fingerprint density at radius 3 is 2.40 bits per heavy atom. The number of anilines is 2. The van der Waals surface area contributed by atoms with Gasteiger partial charge in [-0.3, -0.25) is 9.59 Å². The number of halogens is 1. The predicted molar refractivity (Wildman–Crippen MR) is 121 cm³/mol. The number of amides is 1. The molecular weight excluding hydrogens is 402 g/mol. The van der Waals surface area contributed by atoms with Gasteiger partial charge in [0, 0.05) is 49.6 Å². The highest BCUT2D eigenvalue weighted by atomic mass is 35.5. The minimum atomic E-state index is -0.202. The molecule has 0 aliphatic carbocycles. The van der Waals surface area contributed by atoms with Crippen LogP contribution in [0.25, 0.3) is 0 Å². The van der Waals surface area contributed by atoms with Crippen molar-refractivity contribution in [3.63, 3.8) is 0 Å². The number of likely N-dealkylation sites (N-methyl/N-ethyl adjacent to an activating group) is 1. The molecule has 7 heteroatoms. The highest BCUT2D eigenvalue weighted by Crippen LogP contribution is 2.30. The van der Waals surface area contributed by atoms with Gasteiger partial charge in [-0.25, -0.2) is 0 Å². The molecule has 2 aromatic carbocycles. The molecule has 0 saturated carbocycles. The quantitative estimate of drug-likeness (QED) is 0.640. The summed E-state index contributed by atoms with van der Waals surface area (Å²) in [5.74, 6) is 0.453. The summed E-state index contributed by atoms with van der Waals surface area (Å²) < 4.78 is 5.39. The van der Waals surface area contributed by atoms with Crippen molar-refractivity contribution in [2.45, 2.75) is 19.8 Å². The molecule has 160 valence electrons. The Balaban J connectivity index is 1.59. The summed E-state index contributed by atoms with van der Waals surface area (Å²) in [6.45, 7) is 6.19. The number of Topliss-reactive ketones (excluding diaryl/α,β-unsaturated/α-hetero) is 1. The van der Waals surface area contributed by atoms with Gasteiger partial charge in [-0.05, 0) is 56.4 Å². The van der Waals surface area contributed by atoms with Crippen LogP contribution in [-0.2, 0) is 4.79 Å². The highest BCUT2D eigenvalue weighted by Gasteiger charge is 2.19. The molecule has 1 fully saturated rings. The summed E-state index contributed by atoms with van der Waals surface area (Å²) in [5.41, 5.74) is 2.22. The number of hydrogen-bond donors (Lipinski definition) is 1. The Morgan fingerprint density at radius 1 is 1.03 bits per heavy atom. The van der Waals surface area contributed by atoms with E-state index in [4.69, 9.17) is 16.3 Å². The van der Waals surface area contributed by atoms with Gasteiger partial charge in [-0.15, -0.1) is 0 Å². The third kappa shape index (κ3) is 5.97. The van der Waals surface area contributed by atoms with Gasteiger partial charge in [0.1, 0.15) is 5.75 Å². The minimum Gasteiger partial charge on any atom is -0.494 e. The summed E-state index contributed by atoms with van der Waals surface area (Å²) >= 11 is 6.16. The average Bonchev–Trinajstić information content (AvgIpc) is 2.74. The summed E-state index contributed by atoms with van der Waals surface area (Å²) in [6.07, 6.45) is 0.255. The van der Waals surface area contributed by atoms with Crippen LogP contribution in [0.15, 0.2) is 42.5 Å². The summed E-state index contributed by atoms with van der Waals surface area (Å²) in [4.78, 5) is 29.5. The number of carbonyl (C=O) groups excluding carboxylic acids is 2. The SMILES string of the molecule is CCOc1ccc(C(=O)CCC(=O)Nc2cc(Cl)ccc2N2CCN(C)CC2)cc1. The van der Waals surface area contributed by atoms with Gasteiger partial charge < -0.3 is 19.9 Å². The molecule has 1 saturated heterocycles. The molecule has 1 amide bonds. The first-order valence-electron chi connectivity index (χ1n) is 10.2. The number of rotatable bonds is 8. The Hall–Kier alpha value is -2.57. The molecule has 30 heavy (non-hydrogen) atoms. The Morgan fingerprint density at radius 2 is 1.73 bits per heavy atom. The highest BCUT2D eigenvalue weighted by molar-refractivity contribution is 6.31. The van der Waals surface area contributed by atoms with Crippen LogP contribution in [0.3, 0.4) is 0 Å². The number of hydrogen-bond acceptors (Lipinski definition) is 5. The molecule has 2 aromatic rings. The lowest BCUT2D eigenvalue weighted by atomic mass is 10.1. The van der Waals surface area contributed by atoms with E-state index in [9.17, 15) is 9.59 Å². The molecule has 6 nitrogen and oxygen atoms in total. The van der Waals surface area contributed by atoms with E-state index in [0.717, 1.165) is 37.6 Å². The fourth-order valence-electron chi connectivity index (χ4n) is 3.42. The van der Waals surface area contributed by atoms with E-state index in [1.54, 1.807) is 30.3 Å². The van der Waals surface area contributed by atoms with E-state index < -0.39 is 0 Å². The van der Waals surface area contributed by atoms with Gasteiger partial charge in [0.25, 0.3) is 0 Å². The zero-order chi connectivity index (χ0) is 21.5. The maximum atomic E-state index is 12.5. The number of piperazine rings is 1. The first-order chi connectivity index (χ1) is 14.5. The van der Waals surface area contributed by atoms with Crippen molar-refractivity contribution in [3.05, 3.63) is 53.1 Å². The average molecular weight is 430 g/mol. The number of benzene rings is 2. The summed E-state index contributed by atoms with van der Waals surface area (Å²) in [7, 11) is 2.10. The molecule has 0 radical (unpaired) electrons. The molecule has 0 atom stereocenters. The van der Waals surface area contributed by atoms with E-state index in [1.165, 1.54) is 0 Å². The van der Waals surface area contributed by atoms with Crippen molar-refractivity contribution >= 4 is 34.7 Å². The zero-order valence-electron chi connectivity index (χ0n) is 17.5. The molecule has 0 unspecified atom stereocenters. The molecular formula is C23H28ClN3O3. The third-order valence-electron chi connectivity index (χ3n) is 5.14. The lowest BCUT2D eigenvalue weighted by molar-refractivity contribution is -0.116. The van der Waals surface area contributed by atoms with Crippen LogP contribution in [-0.4, -0.2) is 56.4 Å². The minimum absolute atomic E-state index is 0.0708. The molecule has 3 rings (SSSR count). The normalized spacial score (nSPS) is 14.4. The van der Waals surface area contributed by atoms with Crippen LogP contribution in [0.2, 0.25) is 5.02 Å². The van der Waals surface area contributed by atoms with Crippen LogP contribution >= 0.6 is 11.6 Å². The van der Waals surface area contributed by atoms with Gasteiger partial charge in [-0.1, -0.05) is 11.6 Å². The fourth-order valence-corrected chi connectivity index (χ4v) is 3.59. The topological polar surface area (TPSA) is 61.9 Å². The van der Waals surface area contributed by atoms with Crippen molar-refractivity contribution in [2.75, 3.05) is 50.1 Å². The Bertz CT molecular complexity index is 878. The summed E-state index contributed by atoms with van der Waals surface area (Å²) in [6, 6.07) is 12.5. The van der Waals surface area contributed by atoms with E-state index in [2.05, 4.69) is 22.2 Å².